The zero-order valence-corrected chi connectivity index (χ0v) is 9.51. The van der Waals surface area contributed by atoms with Crippen LogP contribution in [0, 0.1) is 0 Å². The van der Waals surface area contributed by atoms with Crippen LogP contribution in [0.2, 0.25) is 0 Å². The molecule has 1 aliphatic heterocycles. The Kier molecular flexibility index (Phi) is 7.06. The van der Waals surface area contributed by atoms with Gasteiger partial charge in [0.15, 0.2) is 0 Å². The molecule has 1 aliphatic rings. The fourth-order valence-electron chi connectivity index (χ4n) is 2.16. The number of nitrogens with two attached hydrogens (primary N) is 1. The molecule has 0 aromatic carbocycles. The maximum atomic E-state index is 5.89. The van der Waals surface area contributed by atoms with Gasteiger partial charge < -0.3 is 0 Å². The molecule has 84 valence electrons. The molecule has 2 N–H and O–H groups in total. The standard InChI is InChI=1S/C12H26N2/c13-14-11-9-7-5-3-1-2-4-6-8-10-12-14/h1-13H2. The molecule has 0 aliphatic carbocycles. The van der Waals surface area contributed by atoms with Crippen LogP contribution >= 0.6 is 0 Å². The summed E-state index contributed by atoms with van der Waals surface area (Å²) in [5.74, 6) is 5.89. The maximum absolute atomic E-state index is 5.89. The molecule has 0 atom stereocenters. The Balaban J connectivity index is 2.12. The van der Waals surface area contributed by atoms with Crippen LogP contribution in [0.1, 0.15) is 64.2 Å². The quantitative estimate of drug-likeness (QED) is 0.606. The van der Waals surface area contributed by atoms with Gasteiger partial charge in [-0.1, -0.05) is 51.4 Å². The monoisotopic (exact) mass is 198 g/mol. The molecule has 0 aromatic rings. The molecule has 0 unspecified atom stereocenters. The van der Waals surface area contributed by atoms with Gasteiger partial charge in [0, 0.05) is 13.1 Å². The lowest BCUT2D eigenvalue weighted by Crippen LogP contribution is -2.32. The summed E-state index contributed by atoms with van der Waals surface area (Å²) in [4.78, 5) is 0. The van der Waals surface area contributed by atoms with E-state index in [0.29, 0.717) is 0 Å². The van der Waals surface area contributed by atoms with Gasteiger partial charge in [0.25, 0.3) is 0 Å². The summed E-state index contributed by atoms with van der Waals surface area (Å²) in [5, 5.41) is 2.01. The third kappa shape index (κ3) is 6.39. The van der Waals surface area contributed by atoms with E-state index in [-0.39, 0.29) is 0 Å². The number of hydrazine groups is 1. The second-order valence-electron chi connectivity index (χ2n) is 4.57. The average Bonchev–Trinajstić information content (AvgIpc) is 2.20. The van der Waals surface area contributed by atoms with E-state index < -0.39 is 0 Å². The lowest BCUT2D eigenvalue weighted by Gasteiger charge is -2.15. The van der Waals surface area contributed by atoms with E-state index in [2.05, 4.69) is 0 Å². The highest BCUT2D eigenvalue weighted by Gasteiger charge is 2.00. The number of hydrogen-bond donors (Lipinski definition) is 1. The van der Waals surface area contributed by atoms with Crippen LogP contribution in [-0.4, -0.2) is 18.1 Å². The van der Waals surface area contributed by atoms with E-state index >= 15 is 0 Å². The van der Waals surface area contributed by atoms with Crippen molar-refractivity contribution in [1.82, 2.24) is 5.01 Å². The molecule has 0 bridgehead atoms. The third-order valence-corrected chi connectivity index (χ3v) is 3.14. The second-order valence-corrected chi connectivity index (χ2v) is 4.57. The normalized spacial score (nSPS) is 24.6. The van der Waals surface area contributed by atoms with E-state index in [0.717, 1.165) is 13.1 Å². The van der Waals surface area contributed by atoms with E-state index in [4.69, 9.17) is 5.84 Å². The van der Waals surface area contributed by atoms with Crippen LogP contribution in [-0.2, 0) is 0 Å². The van der Waals surface area contributed by atoms with Crippen molar-refractivity contribution in [1.29, 1.82) is 0 Å². The van der Waals surface area contributed by atoms with Crippen molar-refractivity contribution in [2.24, 2.45) is 5.84 Å². The molecule has 2 nitrogen and oxygen atoms in total. The number of nitrogens with zero attached hydrogens (tertiary/aromatic N) is 1. The minimum atomic E-state index is 1.10. The predicted molar refractivity (Wildman–Crippen MR) is 61.9 cm³/mol. The summed E-state index contributed by atoms with van der Waals surface area (Å²) in [7, 11) is 0. The molecule has 2 heteroatoms. The summed E-state index contributed by atoms with van der Waals surface area (Å²) < 4.78 is 0. The largest absolute Gasteiger partial charge is 0.269 e. The van der Waals surface area contributed by atoms with Crippen LogP contribution in [0.25, 0.3) is 0 Å². The Labute approximate surface area is 88.8 Å². The van der Waals surface area contributed by atoms with Crippen molar-refractivity contribution in [3.8, 4) is 0 Å². The van der Waals surface area contributed by atoms with Crippen LogP contribution < -0.4 is 5.84 Å². The summed E-state index contributed by atoms with van der Waals surface area (Å²) in [6, 6.07) is 0. The second kappa shape index (κ2) is 8.25. The fraction of sp³-hybridized carbons (Fsp3) is 1.00. The van der Waals surface area contributed by atoms with Crippen LogP contribution in [0.4, 0.5) is 0 Å². The van der Waals surface area contributed by atoms with Crippen molar-refractivity contribution >= 4 is 0 Å². The highest BCUT2D eigenvalue weighted by molar-refractivity contribution is 4.54. The van der Waals surface area contributed by atoms with Crippen molar-refractivity contribution in [2.75, 3.05) is 13.1 Å². The molecule has 0 amide bonds. The lowest BCUT2D eigenvalue weighted by molar-refractivity contribution is 0.269. The summed E-state index contributed by atoms with van der Waals surface area (Å²) in [6.07, 6.45) is 13.9. The fourth-order valence-corrected chi connectivity index (χ4v) is 2.16. The lowest BCUT2D eigenvalue weighted by atomic mass is 10.1. The van der Waals surface area contributed by atoms with Crippen LogP contribution in [0.15, 0.2) is 0 Å². The van der Waals surface area contributed by atoms with Crippen LogP contribution in [0.3, 0.4) is 0 Å². The summed E-state index contributed by atoms with van der Waals surface area (Å²) >= 11 is 0. The Morgan fingerprint density at radius 2 is 0.786 bits per heavy atom. The van der Waals surface area contributed by atoms with Gasteiger partial charge in [-0.2, -0.15) is 0 Å². The number of rotatable bonds is 0. The predicted octanol–water partition coefficient (Wildman–Crippen LogP) is 3.08. The highest BCUT2D eigenvalue weighted by atomic mass is 15.4. The third-order valence-electron chi connectivity index (χ3n) is 3.14. The van der Waals surface area contributed by atoms with Crippen molar-refractivity contribution in [2.45, 2.75) is 64.2 Å². The van der Waals surface area contributed by atoms with Gasteiger partial charge in [-0.3, -0.25) is 5.84 Å². The molecule has 1 fully saturated rings. The molecule has 1 rings (SSSR count). The SMILES string of the molecule is NN1CCCCCCCCCCCC1. The van der Waals surface area contributed by atoms with Crippen molar-refractivity contribution in [3.63, 3.8) is 0 Å². The summed E-state index contributed by atoms with van der Waals surface area (Å²) in [6.45, 7) is 2.19. The highest BCUT2D eigenvalue weighted by Crippen LogP contribution is 2.11. The van der Waals surface area contributed by atoms with Gasteiger partial charge in [0.2, 0.25) is 0 Å². The number of hydrogen-bond acceptors (Lipinski definition) is 2. The summed E-state index contributed by atoms with van der Waals surface area (Å²) in [5.41, 5.74) is 0. The van der Waals surface area contributed by atoms with Gasteiger partial charge in [-0.25, -0.2) is 5.01 Å². The molecule has 0 spiro atoms. The Morgan fingerprint density at radius 3 is 1.14 bits per heavy atom. The van der Waals surface area contributed by atoms with Gasteiger partial charge in [-0.15, -0.1) is 0 Å². The first-order chi connectivity index (χ1) is 6.89. The van der Waals surface area contributed by atoms with Gasteiger partial charge >= 0.3 is 0 Å². The Bertz CT molecular complexity index is 111. The van der Waals surface area contributed by atoms with E-state index in [9.17, 15) is 0 Å². The first kappa shape index (κ1) is 12.0. The minimum absolute atomic E-state index is 1.10. The van der Waals surface area contributed by atoms with Gasteiger partial charge in [-0.05, 0) is 12.8 Å². The van der Waals surface area contributed by atoms with Crippen molar-refractivity contribution < 1.29 is 0 Å². The molecular formula is C12H26N2. The molecule has 0 aromatic heterocycles. The Hall–Kier alpha value is -0.0800. The smallest absolute Gasteiger partial charge is 0.0128 e. The molecule has 1 heterocycles. The topological polar surface area (TPSA) is 29.3 Å². The molecule has 1 saturated heterocycles. The first-order valence-electron chi connectivity index (χ1n) is 6.39. The van der Waals surface area contributed by atoms with Gasteiger partial charge in [0.05, 0.1) is 0 Å². The van der Waals surface area contributed by atoms with Crippen molar-refractivity contribution in [3.05, 3.63) is 0 Å². The van der Waals surface area contributed by atoms with Crippen LogP contribution in [0.5, 0.6) is 0 Å². The molecule has 14 heavy (non-hydrogen) atoms. The zero-order chi connectivity index (χ0) is 10.1. The van der Waals surface area contributed by atoms with Gasteiger partial charge in [0.1, 0.15) is 0 Å². The maximum Gasteiger partial charge on any atom is 0.0128 e. The average molecular weight is 198 g/mol. The van der Waals surface area contributed by atoms with E-state index in [1.165, 1.54) is 64.2 Å². The molecule has 0 radical (unpaired) electrons. The molecule has 0 saturated carbocycles. The zero-order valence-electron chi connectivity index (χ0n) is 9.51. The van der Waals surface area contributed by atoms with E-state index in [1.54, 1.807) is 0 Å². The molecular weight excluding hydrogens is 172 g/mol. The minimum Gasteiger partial charge on any atom is -0.269 e. The first-order valence-corrected chi connectivity index (χ1v) is 6.39. The van der Waals surface area contributed by atoms with E-state index in [1.807, 2.05) is 5.01 Å². The Morgan fingerprint density at radius 1 is 0.500 bits per heavy atom.